The van der Waals surface area contributed by atoms with Crippen LogP contribution in [0.25, 0.3) is 0 Å². The van der Waals surface area contributed by atoms with Crippen molar-refractivity contribution in [1.29, 1.82) is 5.26 Å². The molecule has 0 fully saturated rings. The topological polar surface area (TPSA) is 73.6 Å². The van der Waals surface area contributed by atoms with Crippen molar-refractivity contribution in [1.82, 2.24) is 9.97 Å². The van der Waals surface area contributed by atoms with Crippen LogP contribution in [-0.2, 0) is 6.42 Å². The van der Waals surface area contributed by atoms with Gasteiger partial charge in [0.1, 0.15) is 5.82 Å². The fourth-order valence-electron chi connectivity index (χ4n) is 2.54. The molecule has 26 heavy (non-hydrogen) atoms. The number of anilines is 3. The average Bonchev–Trinajstić information content (AvgIpc) is 2.61. The second kappa shape index (κ2) is 8.32. The zero-order valence-electron chi connectivity index (χ0n) is 14.3. The van der Waals surface area contributed by atoms with E-state index in [2.05, 4.69) is 26.7 Å². The Kier molecular flexibility index (Phi) is 5.67. The van der Waals surface area contributed by atoms with Crippen LogP contribution in [0.2, 0.25) is 5.02 Å². The summed E-state index contributed by atoms with van der Waals surface area (Å²) in [4.78, 5) is 8.89. The first-order valence-electron chi connectivity index (χ1n) is 8.23. The van der Waals surface area contributed by atoms with Gasteiger partial charge < -0.3 is 10.6 Å². The summed E-state index contributed by atoms with van der Waals surface area (Å²) in [5.74, 6) is 1.24. The van der Waals surface area contributed by atoms with E-state index in [1.165, 1.54) is 5.56 Å². The molecule has 3 rings (SSSR count). The predicted molar refractivity (Wildman–Crippen MR) is 105 cm³/mol. The lowest BCUT2D eigenvalue weighted by Crippen LogP contribution is -2.08. The molecule has 0 aliphatic carbocycles. The minimum absolute atomic E-state index is 0.491. The van der Waals surface area contributed by atoms with Crippen molar-refractivity contribution in [3.8, 4) is 6.07 Å². The number of nitriles is 1. The maximum absolute atomic E-state index is 9.00. The summed E-state index contributed by atoms with van der Waals surface area (Å²) >= 11 is 6.01. The Balaban J connectivity index is 1.66. The van der Waals surface area contributed by atoms with Crippen LogP contribution in [0.3, 0.4) is 0 Å². The molecule has 0 aliphatic heterocycles. The first kappa shape index (κ1) is 17.7. The van der Waals surface area contributed by atoms with Crippen LogP contribution < -0.4 is 10.6 Å². The zero-order chi connectivity index (χ0) is 18.4. The third-order valence-corrected chi connectivity index (χ3v) is 3.95. The van der Waals surface area contributed by atoms with E-state index >= 15 is 0 Å². The van der Waals surface area contributed by atoms with E-state index in [0.717, 1.165) is 35.2 Å². The quantitative estimate of drug-likeness (QED) is 0.663. The summed E-state index contributed by atoms with van der Waals surface area (Å²) in [6.07, 6.45) is 0.844. The molecular weight excluding hydrogens is 346 g/mol. The van der Waals surface area contributed by atoms with Gasteiger partial charge in [0.05, 0.1) is 11.6 Å². The van der Waals surface area contributed by atoms with Crippen molar-refractivity contribution in [3.05, 3.63) is 76.4 Å². The molecule has 0 amide bonds. The van der Waals surface area contributed by atoms with Crippen LogP contribution >= 0.6 is 11.6 Å². The molecule has 1 heterocycles. The van der Waals surface area contributed by atoms with Crippen LogP contribution in [0.1, 0.15) is 16.8 Å². The Bertz CT molecular complexity index is 949. The molecule has 0 saturated heterocycles. The molecule has 3 aromatic rings. The van der Waals surface area contributed by atoms with Gasteiger partial charge in [-0.2, -0.15) is 10.2 Å². The average molecular weight is 364 g/mol. The van der Waals surface area contributed by atoms with Crippen LogP contribution in [0.5, 0.6) is 0 Å². The lowest BCUT2D eigenvalue weighted by molar-refractivity contribution is 0.995. The second-order valence-electron chi connectivity index (χ2n) is 5.84. The van der Waals surface area contributed by atoms with Crippen molar-refractivity contribution < 1.29 is 0 Å². The molecule has 2 aromatic carbocycles. The first-order chi connectivity index (χ1) is 12.6. The van der Waals surface area contributed by atoms with E-state index in [1.807, 2.05) is 49.4 Å². The van der Waals surface area contributed by atoms with E-state index in [4.69, 9.17) is 16.9 Å². The highest BCUT2D eigenvalue weighted by atomic mass is 35.5. The van der Waals surface area contributed by atoms with Crippen molar-refractivity contribution in [3.63, 3.8) is 0 Å². The molecule has 0 aliphatic rings. The number of benzene rings is 2. The minimum atomic E-state index is 0.491. The highest BCUT2D eigenvalue weighted by molar-refractivity contribution is 6.30. The van der Waals surface area contributed by atoms with E-state index in [9.17, 15) is 0 Å². The second-order valence-corrected chi connectivity index (χ2v) is 6.28. The molecule has 0 spiro atoms. The Morgan fingerprint density at radius 2 is 1.92 bits per heavy atom. The standard InChI is InChI=1S/C20H18ClN5/c1-14-10-19(23-9-8-15-4-2-6-17(21)11-15)26-20(24-14)25-18-7-3-5-16(12-18)13-22/h2-7,10-12H,8-9H2,1H3,(H2,23,24,25,26). The molecule has 2 N–H and O–H groups in total. The molecule has 1 aromatic heterocycles. The molecule has 0 bridgehead atoms. The van der Waals surface area contributed by atoms with Gasteiger partial charge in [0.25, 0.3) is 0 Å². The highest BCUT2D eigenvalue weighted by Gasteiger charge is 2.04. The van der Waals surface area contributed by atoms with Gasteiger partial charge in [-0.3, -0.25) is 0 Å². The van der Waals surface area contributed by atoms with Gasteiger partial charge in [-0.25, -0.2) is 4.98 Å². The number of aromatic nitrogens is 2. The molecular formula is C20H18ClN5. The number of rotatable bonds is 6. The monoisotopic (exact) mass is 363 g/mol. The Morgan fingerprint density at radius 1 is 1.08 bits per heavy atom. The third kappa shape index (κ3) is 4.95. The van der Waals surface area contributed by atoms with Crippen LogP contribution in [0, 0.1) is 18.3 Å². The van der Waals surface area contributed by atoms with Gasteiger partial charge in [-0.15, -0.1) is 0 Å². The molecule has 6 heteroatoms. The SMILES string of the molecule is Cc1cc(NCCc2cccc(Cl)c2)nc(Nc2cccc(C#N)c2)n1. The number of hydrogen-bond acceptors (Lipinski definition) is 5. The van der Waals surface area contributed by atoms with Gasteiger partial charge in [0.15, 0.2) is 0 Å². The number of nitrogens with one attached hydrogen (secondary N) is 2. The van der Waals surface area contributed by atoms with Crippen LogP contribution in [-0.4, -0.2) is 16.5 Å². The van der Waals surface area contributed by atoms with Crippen molar-refractivity contribution in [2.24, 2.45) is 0 Å². The zero-order valence-corrected chi connectivity index (χ0v) is 15.1. The lowest BCUT2D eigenvalue weighted by atomic mass is 10.1. The summed E-state index contributed by atoms with van der Waals surface area (Å²) in [5.41, 5.74) is 3.38. The third-order valence-electron chi connectivity index (χ3n) is 3.71. The molecule has 0 radical (unpaired) electrons. The van der Waals surface area contributed by atoms with E-state index in [1.54, 1.807) is 12.1 Å². The fourth-order valence-corrected chi connectivity index (χ4v) is 2.75. The summed E-state index contributed by atoms with van der Waals surface area (Å²) in [6.45, 7) is 2.65. The Morgan fingerprint density at radius 3 is 2.73 bits per heavy atom. The molecule has 0 atom stereocenters. The smallest absolute Gasteiger partial charge is 0.229 e. The maximum Gasteiger partial charge on any atom is 0.229 e. The van der Waals surface area contributed by atoms with Crippen molar-refractivity contribution in [2.75, 3.05) is 17.2 Å². The van der Waals surface area contributed by atoms with Crippen LogP contribution in [0.15, 0.2) is 54.6 Å². The molecule has 130 valence electrons. The summed E-state index contributed by atoms with van der Waals surface area (Å²) < 4.78 is 0. The van der Waals surface area contributed by atoms with Gasteiger partial charge >= 0.3 is 0 Å². The molecule has 0 unspecified atom stereocenters. The normalized spacial score (nSPS) is 10.2. The van der Waals surface area contributed by atoms with E-state index in [0.29, 0.717) is 11.5 Å². The van der Waals surface area contributed by atoms with E-state index in [-0.39, 0.29) is 0 Å². The lowest BCUT2D eigenvalue weighted by Gasteiger charge is -2.10. The fraction of sp³-hybridized carbons (Fsp3) is 0.150. The van der Waals surface area contributed by atoms with Gasteiger partial charge in [0.2, 0.25) is 5.95 Å². The summed E-state index contributed by atoms with van der Waals surface area (Å²) in [5, 5.41) is 16.2. The Hall–Kier alpha value is -3.10. The largest absolute Gasteiger partial charge is 0.370 e. The predicted octanol–water partition coefficient (Wildman–Crippen LogP) is 4.71. The summed E-state index contributed by atoms with van der Waals surface area (Å²) in [6, 6.07) is 19.1. The maximum atomic E-state index is 9.00. The molecule has 5 nitrogen and oxygen atoms in total. The van der Waals surface area contributed by atoms with Crippen molar-refractivity contribution in [2.45, 2.75) is 13.3 Å². The van der Waals surface area contributed by atoms with E-state index < -0.39 is 0 Å². The van der Waals surface area contributed by atoms with Crippen LogP contribution in [0.4, 0.5) is 17.5 Å². The van der Waals surface area contributed by atoms with Gasteiger partial charge in [0, 0.05) is 29.0 Å². The first-order valence-corrected chi connectivity index (χ1v) is 8.61. The number of halogens is 1. The van der Waals surface area contributed by atoms with Gasteiger partial charge in [-0.05, 0) is 49.2 Å². The summed E-state index contributed by atoms with van der Waals surface area (Å²) in [7, 11) is 0. The molecule has 0 saturated carbocycles. The van der Waals surface area contributed by atoms with Gasteiger partial charge in [-0.1, -0.05) is 29.8 Å². The minimum Gasteiger partial charge on any atom is -0.370 e. The number of nitrogens with zero attached hydrogens (tertiary/aromatic N) is 3. The number of aryl methyl sites for hydroxylation is 1. The Labute approximate surface area is 157 Å². The number of hydrogen-bond donors (Lipinski definition) is 2. The van der Waals surface area contributed by atoms with Crippen molar-refractivity contribution >= 4 is 29.1 Å². The highest BCUT2D eigenvalue weighted by Crippen LogP contribution is 2.17.